The lowest BCUT2D eigenvalue weighted by Crippen LogP contribution is -2.44. The normalized spacial score (nSPS) is 17.8. The molecular formula is C24H26F3NO3. The molecule has 1 amide bonds. The largest absolute Gasteiger partial charge is 0.460 e. The number of benzene rings is 2. The summed E-state index contributed by atoms with van der Waals surface area (Å²) < 4.78 is 45.4. The van der Waals surface area contributed by atoms with Gasteiger partial charge in [-0.05, 0) is 57.4 Å². The van der Waals surface area contributed by atoms with E-state index in [1.807, 2.05) is 30.3 Å². The van der Waals surface area contributed by atoms with E-state index in [0.717, 1.165) is 17.7 Å². The van der Waals surface area contributed by atoms with E-state index in [1.165, 1.54) is 11.0 Å². The van der Waals surface area contributed by atoms with Gasteiger partial charge in [0.05, 0.1) is 23.9 Å². The molecule has 31 heavy (non-hydrogen) atoms. The van der Waals surface area contributed by atoms with Crippen molar-refractivity contribution in [2.24, 2.45) is 5.92 Å². The average molecular weight is 433 g/mol. The van der Waals surface area contributed by atoms with Gasteiger partial charge in [0.15, 0.2) is 0 Å². The summed E-state index contributed by atoms with van der Waals surface area (Å²) in [5.74, 6) is -1.59. The molecule has 0 aromatic heterocycles. The van der Waals surface area contributed by atoms with E-state index in [1.54, 1.807) is 27.7 Å². The van der Waals surface area contributed by atoms with E-state index in [9.17, 15) is 22.8 Å². The zero-order valence-electron chi connectivity index (χ0n) is 18.0. The van der Waals surface area contributed by atoms with Crippen LogP contribution in [0.2, 0.25) is 0 Å². The number of halogens is 3. The molecule has 0 saturated heterocycles. The van der Waals surface area contributed by atoms with Crippen molar-refractivity contribution in [2.75, 3.05) is 4.90 Å². The van der Waals surface area contributed by atoms with Crippen LogP contribution >= 0.6 is 0 Å². The molecule has 0 saturated carbocycles. The van der Waals surface area contributed by atoms with Crippen molar-refractivity contribution in [3.63, 3.8) is 0 Å². The molecule has 0 N–H and O–H groups in total. The molecule has 0 aliphatic carbocycles. The maximum absolute atomic E-state index is 13.4. The number of carbonyl (C=O) groups is 2. The first kappa shape index (κ1) is 22.8. The maximum atomic E-state index is 13.4. The number of hydrogen-bond acceptors (Lipinski definition) is 3. The number of carbonyl (C=O) groups excluding carboxylic acids is 2. The topological polar surface area (TPSA) is 46.6 Å². The van der Waals surface area contributed by atoms with Gasteiger partial charge in [0.25, 0.3) is 0 Å². The highest BCUT2D eigenvalue weighted by molar-refractivity contribution is 6.00. The molecule has 1 aliphatic heterocycles. The Bertz CT molecular complexity index is 964. The first-order chi connectivity index (χ1) is 14.4. The van der Waals surface area contributed by atoms with Crippen LogP contribution in [-0.2, 0) is 26.9 Å². The third-order valence-electron chi connectivity index (χ3n) is 5.23. The molecule has 4 nitrogen and oxygen atoms in total. The predicted molar refractivity (Wildman–Crippen MR) is 111 cm³/mol. The Kier molecular flexibility index (Phi) is 6.16. The summed E-state index contributed by atoms with van der Waals surface area (Å²) in [6.07, 6.45) is -4.47. The van der Waals surface area contributed by atoms with Crippen LogP contribution < -0.4 is 4.90 Å². The Morgan fingerprint density at radius 1 is 1.13 bits per heavy atom. The molecule has 0 radical (unpaired) electrons. The lowest BCUT2D eigenvalue weighted by atomic mass is 9.87. The highest BCUT2D eigenvalue weighted by atomic mass is 19.4. The molecule has 3 rings (SSSR count). The van der Waals surface area contributed by atoms with Crippen LogP contribution in [0.1, 0.15) is 56.8 Å². The molecule has 2 aromatic rings. The number of esters is 1. The summed E-state index contributed by atoms with van der Waals surface area (Å²) in [6.45, 7) is 7.00. The fourth-order valence-corrected chi connectivity index (χ4v) is 3.83. The van der Waals surface area contributed by atoms with Crippen LogP contribution in [0.25, 0.3) is 0 Å². The van der Waals surface area contributed by atoms with Crippen molar-refractivity contribution in [3.8, 4) is 0 Å². The third-order valence-corrected chi connectivity index (χ3v) is 5.23. The summed E-state index contributed by atoms with van der Waals surface area (Å²) in [5, 5.41) is 0. The number of ether oxygens (including phenoxy) is 1. The summed E-state index contributed by atoms with van der Waals surface area (Å²) in [7, 11) is 0. The minimum atomic E-state index is -4.52. The lowest BCUT2D eigenvalue weighted by molar-refractivity contribution is -0.157. The molecule has 2 aromatic carbocycles. The van der Waals surface area contributed by atoms with Gasteiger partial charge in [-0.3, -0.25) is 9.59 Å². The van der Waals surface area contributed by atoms with Crippen LogP contribution in [0.4, 0.5) is 18.9 Å². The average Bonchev–Trinajstić information content (AvgIpc) is 2.66. The number of amides is 1. The summed E-state index contributed by atoms with van der Waals surface area (Å²) >= 11 is 0. The smallest absolute Gasteiger partial charge is 0.416 e. The number of anilines is 1. The third kappa shape index (κ3) is 5.27. The van der Waals surface area contributed by atoms with Crippen molar-refractivity contribution in [1.82, 2.24) is 0 Å². The van der Waals surface area contributed by atoms with Crippen LogP contribution in [0.5, 0.6) is 0 Å². The minimum Gasteiger partial charge on any atom is -0.460 e. The summed E-state index contributed by atoms with van der Waals surface area (Å²) in [6, 6.07) is 12.0. The molecule has 1 heterocycles. The van der Waals surface area contributed by atoms with Crippen molar-refractivity contribution < 1.29 is 27.5 Å². The zero-order chi connectivity index (χ0) is 23.0. The Hall–Kier alpha value is -2.83. The molecule has 0 bridgehead atoms. The first-order valence-corrected chi connectivity index (χ1v) is 10.2. The number of fused-ring (bicyclic) bond motifs is 1. The van der Waals surface area contributed by atoms with Crippen LogP contribution in [0, 0.1) is 5.92 Å². The molecule has 2 atom stereocenters. The molecular weight excluding hydrogens is 407 g/mol. The Balaban J connectivity index is 2.01. The minimum absolute atomic E-state index is 0.130. The van der Waals surface area contributed by atoms with Gasteiger partial charge in [-0.2, -0.15) is 13.2 Å². The second-order valence-electron chi connectivity index (χ2n) is 8.83. The van der Waals surface area contributed by atoms with Gasteiger partial charge in [-0.15, -0.1) is 0 Å². The molecule has 1 aliphatic rings. The van der Waals surface area contributed by atoms with Crippen LogP contribution in [0.3, 0.4) is 0 Å². The van der Waals surface area contributed by atoms with Crippen LogP contribution in [0.15, 0.2) is 48.5 Å². The number of hydrogen-bond donors (Lipinski definition) is 0. The van der Waals surface area contributed by atoms with E-state index < -0.39 is 35.3 Å². The van der Waals surface area contributed by atoms with E-state index in [0.29, 0.717) is 5.56 Å². The second-order valence-corrected chi connectivity index (χ2v) is 8.83. The van der Waals surface area contributed by atoms with Gasteiger partial charge in [0.2, 0.25) is 5.91 Å². The number of rotatable bonds is 4. The fraction of sp³-hybridized carbons (Fsp3) is 0.417. The predicted octanol–water partition coefficient (Wildman–Crippen LogP) is 5.70. The number of nitrogens with zero attached hydrogens (tertiary/aromatic N) is 1. The van der Waals surface area contributed by atoms with E-state index in [4.69, 9.17) is 4.74 Å². The standard InChI is InChI=1S/C24H26F3NO3/c1-15(16-8-6-5-7-9-16)28-20-14-19(24(25,26)27)11-10-17(20)12-18(22(28)30)13-21(29)31-23(2,3)4/h5-11,14-15,18H,12-13H2,1-4H3/t15-,18?/m0/s1. The fourth-order valence-electron chi connectivity index (χ4n) is 3.83. The second kappa shape index (κ2) is 8.36. The van der Waals surface area contributed by atoms with E-state index in [-0.39, 0.29) is 24.4 Å². The first-order valence-electron chi connectivity index (χ1n) is 10.2. The highest BCUT2D eigenvalue weighted by Crippen LogP contribution is 2.41. The van der Waals surface area contributed by atoms with E-state index in [2.05, 4.69) is 0 Å². The quantitative estimate of drug-likeness (QED) is 0.581. The zero-order valence-corrected chi connectivity index (χ0v) is 18.0. The van der Waals surface area contributed by atoms with Gasteiger partial charge >= 0.3 is 12.1 Å². The van der Waals surface area contributed by atoms with Crippen molar-refractivity contribution in [1.29, 1.82) is 0 Å². The van der Waals surface area contributed by atoms with Crippen LogP contribution in [-0.4, -0.2) is 17.5 Å². The molecule has 7 heteroatoms. The van der Waals surface area contributed by atoms with Gasteiger partial charge in [0.1, 0.15) is 5.60 Å². The molecule has 0 fully saturated rings. The van der Waals surface area contributed by atoms with Crippen molar-refractivity contribution >= 4 is 17.6 Å². The highest BCUT2D eigenvalue weighted by Gasteiger charge is 2.40. The molecule has 166 valence electrons. The van der Waals surface area contributed by atoms with Gasteiger partial charge in [-0.1, -0.05) is 36.4 Å². The van der Waals surface area contributed by atoms with Crippen molar-refractivity contribution in [3.05, 3.63) is 65.2 Å². The summed E-state index contributed by atoms with van der Waals surface area (Å²) in [4.78, 5) is 27.2. The Morgan fingerprint density at radius 3 is 2.35 bits per heavy atom. The lowest BCUT2D eigenvalue weighted by Gasteiger charge is -2.38. The monoisotopic (exact) mass is 433 g/mol. The van der Waals surface area contributed by atoms with Crippen molar-refractivity contribution in [2.45, 2.75) is 58.4 Å². The molecule has 1 unspecified atom stereocenters. The van der Waals surface area contributed by atoms with Gasteiger partial charge in [-0.25, -0.2) is 0 Å². The van der Waals surface area contributed by atoms with Gasteiger partial charge in [0, 0.05) is 5.69 Å². The molecule has 0 spiro atoms. The Labute approximate surface area is 180 Å². The van der Waals surface area contributed by atoms with E-state index >= 15 is 0 Å². The van der Waals surface area contributed by atoms with Gasteiger partial charge < -0.3 is 9.64 Å². The SMILES string of the molecule is C[C@@H](c1ccccc1)N1C(=O)C(CC(=O)OC(C)(C)C)Cc2ccc(C(F)(F)F)cc21. The maximum Gasteiger partial charge on any atom is 0.416 e. The number of alkyl halides is 3. The Morgan fingerprint density at radius 2 is 1.77 bits per heavy atom. The summed E-state index contributed by atoms with van der Waals surface area (Å²) in [5.41, 5.74) is 0.123.